The Kier molecular flexibility index (Phi) is 6.36. The lowest BCUT2D eigenvalue weighted by atomic mass is 10.2. The number of anilines is 1. The molecular weight excluding hydrogens is 414 g/mol. The third-order valence-electron chi connectivity index (χ3n) is 4.90. The second-order valence-electron chi connectivity index (χ2n) is 7.03. The molecule has 2 aromatic carbocycles. The molecule has 9 heteroatoms. The number of carbonyl (C=O) groups is 1. The molecule has 1 N–H and O–H groups in total. The van der Waals surface area contributed by atoms with Crippen LogP contribution >= 0.6 is 11.6 Å². The van der Waals surface area contributed by atoms with Crippen LogP contribution in [-0.4, -0.2) is 59.0 Å². The van der Waals surface area contributed by atoms with E-state index >= 15 is 0 Å². The normalized spacial score (nSPS) is 16.9. The molecule has 0 aliphatic carbocycles. The van der Waals surface area contributed by atoms with Gasteiger partial charge in [-0.3, -0.25) is 4.79 Å². The molecule has 1 fully saturated rings. The standard InChI is InChI=1S/C20H24ClN3O4S/c1-23(2)29(26,27)17-7-4-14(5-8-17)20(25)22-16-10-11-24(13-16)18-12-15(21)6-9-19(18)28-3/h4-9,12,16H,10-11,13H2,1-3H3,(H,22,25). The van der Waals surface area contributed by atoms with Crippen molar-refractivity contribution in [1.29, 1.82) is 0 Å². The number of rotatable bonds is 6. The van der Waals surface area contributed by atoms with E-state index in [4.69, 9.17) is 16.3 Å². The van der Waals surface area contributed by atoms with E-state index in [-0.39, 0.29) is 16.8 Å². The molecule has 29 heavy (non-hydrogen) atoms. The van der Waals surface area contributed by atoms with Crippen LogP contribution in [0, 0.1) is 0 Å². The van der Waals surface area contributed by atoms with Gasteiger partial charge in [-0.05, 0) is 48.9 Å². The Balaban J connectivity index is 1.66. The first-order valence-electron chi connectivity index (χ1n) is 9.14. The van der Waals surface area contributed by atoms with Gasteiger partial charge < -0.3 is 15.0 Å². The van der Waals surface area contributed by atoms with Gasteiger partial charge in [0.1, 0.15) is 5.75 Å². The average molecular weight is 438 g/mol. The molecule has 1 heterocycles. The van der Waals surface area contributed by atoms with Crippen LogP contribution in [0.1, 0.15) is 16.8 Å². The molecule has 2 aromatic rings. The molecule has 1 atom stereocenters. The van der Waals surface area contributed by atoms with E-state index in [1.165, 1.54) is 38.4 Å². The SMILES string of the molecule is COc1ccc(Cl)cc1N1CCC(NC(=O)c2ccc(S(=O)(=O)N(C)C)cc2)C1. The van der Waals surface area contributed by atoms with Crippen molar-refractivity contribution < 1.29 is 17.9 Å². The number of hydrogen-bond donors (Lipinski definition) is 1. The summed E-state index contributed by atoms with van der Waals surface area (Å²) in [5.74, 6) is 0.503. The minimum atomic E-state index is -3.52. The van der Waals surface area contributed by atoms with Crippen LogP contribution in [0.15, 0.2) is 47.4 Å². The van der Waals surface area contributed by atoms with Crippen LogP contribution < -0.4 is 15.0 Å². The Morgan fingerprint density at radius 1 is 1.21 bits per heavy atom. The van der Waals surface area contributed by atoms with Gasteiger partial charge in [-0.25, -0.2) is 12.7 Å². The Morgan fingerprint density at radius 3 is 2.52 bits per heavy atom. The topological polar surface area (TPSA) is 79.0 Å². The van der Waals surface area contributed by atoms with E-state index in [1.54, 1.807) is 13.2 Å². The minimum Gasteiger partial charge on any atom is -0.495 e. The van der Waals surface area contributed by atoms with Crippen molar-refractivity contribution in [3.8, 4) is 5.75 Å². The van der Waals surface area contributed by atoms with Gasteiger partial charge in [-0.2, -0.15) is 0 Å². The van der Waals surface area contributed by atoms with Gasteiger partial charge in [0.2, 0.25) is 10.0 Å². The third-order valence-corrected chi connectivity index (χ3v) is 6.96. The maximum Gasteiger partial charge on any atom is 0.251 e. The van der Waals surface area contributed by atoms with Crippen molar-refractivity contribution in [3.63, 3.8) is 0 Å². The quantitative estimate of drug-likeness (QED) is 0.751. The Labute approximate surface area is 176 Å². The first kappa shape index (κ1) is 21.4. The Hall–Kier alpha value is -2.29. The molecular formula is C20H24ClN3O4S. The van der Waals surface area contributed by atoms with Crippen LogP contribution in [0.2, 0.25) is 5.02 Å². The smallest absolute Gasteiger partial charge is 0.251 e. The van der Waals surface area contributed by atoms with Crippen molar-refractivity contribution in [1.82, 2.24) is 9.62 Å². The number of amides is 1. The van der Waals surface area contributed by atoms with Crippen molar-refractivity contribution in [3.05, 3.63) is 53.1 Å². The highest BCUT2D eigenvalue weighted by molar-refractivity contribution is 7.89. The monoisotopic (exact) mass is 437 g/mol. The zero-order valence-electron chi connectivity index (χ0n) is 16.6. The van der Waals surface area contributed by atoms with E-state index in [0.29, 0.717) is 17.1 Å². The van der Waals surface area contributed by atoms with Crippen LogP contribution in [0.4, 0.5) is 5.69 Å². The summed E-state index contributed by atoms with van der Waals surface area (Å²) in [6.45, 7) is 1.40. The number of ether oxygens (including phenoxy) is 1. The summed E-state index contributed by atoms with van der Waals surface area (Å²) in [5.41, 5.74) is 1.32. The second-order valence-corrected chi connectivity index (χ2v) is 9.62. The van der Waals surface area contributed by atoms with Crippen molar-refractivity contribution in [2.45, 2.75) is 17.4 Å². The number of nitrogens with zero attached hydrogens (tertiary/aromatic N) is 2. The lowest BCUT2D eigenvalue weighted by Crippen LogP contribution is -2.37. The summed E-state index contributed by atoms with van der Waals surface area (Å²) in [6, 6.07) is 11.4. The molecule has 7 nitrogen and oxygen atoms in total. The number of nitrogens with one attached hydrogen (secondary N) is 1. The summed E-state index contributed by atoms with van der Waals surface area (Å²) in [5, 5.41) is 3.64. The minimum absolute atomic E-state index is 0.0311. The number of methoxy groups -OCH3 is 1. The van der Waals surface area contributed by atoms with Crippen molar-refractivity contribution in [2.75, 3.05) is 39.2 Å². The molecule has 3 rings (SSSR count). The average Bonchev–Trinajstić information content (AvgIpc) is 3.16. The fourth-order valence-corrected chi connectivity index (χ4v) is 4.33. The van der Waals surface area contributed by atoms with Crippen LogP contribution in [-0.2, 0) is 10.0 Å². The number of halogens is 1. The predicted octanol–water partition coefficient (Wildman–Crippen LogP) is 2.61. The maximum absolute atomic E-state index is 12.6. The van der Waals surface area contributed by atoms with Gasteiger partial charge >= 0.3 is 0 Å². The highest BCUT2D eigenvalue weighted by atomic mass is 35.5. The van der Waals surface area contributed by atoms with Gasteiger partial charge in [0.15, 0.2) is 0 Å². The van der Waals surface area contributed by atoms with Gasteiger partial charge in [-0.1, -0.05) is 11.6 Å². The zero-order valence-corrected chi connectivity index (χ0v) is 18.1. The molecule has 0 bridgehead atoms. The second kappa shape index (κ2) is 8.61. The zero-order chi connectivity index (χ0) is 21.2. The first-order chi connectivity index (χ1) is 13.7. The fourth-order valence-electron chi connectivity index (χ4n) is 3.26. The number of sulfonamides is 1. The highest BCUT2D eigenvalue weighted by Crippen LogP contribution is 2.33. The van der Waals surface area contributed by atoms with Gasteiger partial charge in [0.25, 0.3) is 5.91 Å². The summed E-state index contributed by atoms with van der Waals surface area (Å²) in [6.07, 6.45) is 0.786. The summed E-state index contributed by atoms with van der Waals surface area (Å²) in [7, 11) is 1.03. The number of carbonyl (C=O) groups excluding carboxylic acids is 1. The molecule has 1 amide bonds. The molecule has 0 radical (unpaired) electrons. The summed E-state index contributed by atoms with van der Waals surface area (Å²) in [4.78, 5) is 14.9. The third kappa shape index (κ3) is 4.66. The van der Waals surface area contributed by atoms with Gasteiger partial charge in [0.05, 0.1) is 17.7 Å². The van der Waals surface area contributed by atoms with Crippen molar-refractivity contribution >= 4 is 33.2 Å². The van der Waals surface area contributed by atoms with Gasteiger partial charge in [-0.15, -0.1) is 0 Å². The number of benzene rings is 2. The molecule has 0 saturated carbocycles. The van der Waals surface area contributed by atoms with E-state index in [0.717, 1.165) is 28.7 Å². The van der Waals surface area contributed by atoms with Crippen LogP contribution in [0.3, 0.4) is 0 Å². The van der Waals surface area contributed by atoms with Crippen LogP contribution in [0.5, 0.6) is 5.75 Å². The summed E-state index contributed by atoms with van der Waals surface area (Å²) < 4.78 is 30.8. The van der Waals surface area contributed by atoms with E-state index in [1.807, 2.05) is 12.1 Å². The molecule has 1 aliphatic heterocycles. The van der Waals surface area contributed by atoms with E-state index in [9.17, 15) is 13.2 Å². The molecule has 0 aromatic heterocycles. The molecule has 1 unspecified atom stereocenters. The van der Waals surface area contributed by atoms with E-state index in [2.05, 4.69) is 10.2 Å². The first-order valence-corrected chi connectivity index (χ1v) is 11.0. The highest BCUT2D eigenvalue weighted by Gasteiger charge is 2.26. The Morgan fingerprint density at radius 2 is 1.90 bits per heavy atom. The Bertz CT molecular complexity index is 993. The lowest BCUT2D eigenvalue weighted by molar-refractivity contribution is 0.0940. The molecule has 156 valence electrons. The van der Waals surface area contributed by atoms with Gasteiger partial charge in [0, 0.05) is 43.8 Å². The largest absolute Gasteiger partial charge is 0.495 e. The van der Waals surface area contributed by atoms with Crippen molar-refractivity contribution in [2.24, 2.45) is 0 Å². The fraction of sp³-hybridized carbons (Fsp3) is 0.350. The lowest BCUT2D eigenvalue weighted by Gasteiger charge is -2.21. The molecule has 1 saturated heterocycles. The summed E-state index contributed by atoms with van der Waals surface area (Å²) >= 11 is 6.12. The predicted molar refractivity (Wildman–Crippen MR) is 113 cm³/mol. The maximum atomic E-state index is 12.6. The number of hydrogen-bond acceptors (Lipinski definition) is 5. The van der Waals surface area contributed by atoms with E-state index < -0.39 is 10.0 Å². The van der Waals surface area contributed by atoms with Crippen LogP contribution in [0.25, 0.3) is 0 Å². The molecule has 0 spiro atoms. The molecule has 1 aliphatic rings.